The van der Waals surface area contributed by atoms with Crippen LogP contribution in [-0.4, -0.2) is 20.9 Å². The molecule has 0 radical (unpaired) electrons. The Morgan fingerprint density at radius 2 is 2.06 bits per heavy atom. The van der Waals surface area contributed by atoms with Crippen molar-refractivity contribution in [1.82, 2.24) is 0 Å². The third-order valence-electron chi connectivity index (χ3n) is 2.88. The number of halogens is 1. The van der Waals surface area contributed by atoms with Gasteiger partial charge in [0.25, 0.3) is 9.05 Å². The van der Waals surface area contributed by atoms with Gasteiger partial charge in [-0.3, -0.25) is 4.79 Å². The average molecular weight is 274 g/mol. The average Bonchev–Trinajstić information content (AvgIpc) is 2.63. The Morgan fingerprint density at radius 3 is 2.59 bits per heavy atom. The lowest BCUT2D eigenvalue weighted by Gasteiger charge is -2.19. The lowest BCUT2D eigenvalue weighted by molar-refractivity contribution is -0.117. The van der Waals surface area contributed by atoms with E-state index >= 15 is 0 Å². The quantitative estimate of drug-likeness (QED) is 0.775. The molecule has 6 heteroatoms. The summed E-state index contributed by atoms with van der Waals surface area (Å²) in [5.41, 5.74) is 1.16. The second-order valence-corrected chi connectivity index (χ2v) is 6.52. The van der Waals surface area contributed by atoms with Crippen molar-refractivity contribution in [3.63, 3.8) is 0 Å². The second kappa shape index (κ2) is 4.31. The summed E-state index contributed by atoms with van der Waals surface area (Å²) in [6.07, 6.45) is 1.31. The van der Waals surface area contributed by atoms with E-state index in [0.29, 0.717) is 24.2 Å². The van der Waals surface area contributed by atoms with Gasteiger partial charge < -0.3 is 4.90 Å². The van der Waals surface area contributed by atoms with Crippen LogP contribution in [0.2, 0.25) is 0 Å². The standard InChI is InChI=1S/C11H12ClNO3S/c1-8-9(13-7-3-6-11(13)14)4-2-5-10(8)17(12,15)16/h2,4-5H,3,6-7H2,1H3. The summed E-state index contributed by atoms with van der Waals surface area (Å²) in [5.74, 6) is 0.0252. The van der Waals surface area contributed by atoms with Gasteiger partial charge in [0.15, 0.2) is 0 Å². The number of hydrogen-bond donors (Lipinski definition) is 0. The minimum Gasteiger partial charge on any atom is -0.312 e. The molecule has 0 unspecified atom stereocenters. The van der Waals surface area contributed by atoms with Crippen molar-refractivity contribution in [1.29, 1.82) is 0 Å². The summed E-state index contributed by atoms with van der Waals surface area (Å²) in [6, 6.07) is 4.79. The van der Waals surface area contributed by atoms with Gasteiger partial charge in [-0.2, -0.15) is 0 Å². The molecular weight excluding hydrogens is 262 g/mol. The first-order valence-electron chi connectivity index (χ1n) is 5.26. The molecule has 1 heterocycles. The Kier molecular flexibility index (Phi) is 3.14. The first-order chi connectivity index (χ1) is 7.91. The zero-order chi connectivity index (χ0) is 12.6. The molecule has 0 saturated carbocycles. The molecule has 1 fully saturated rings. The lowest BCUT2D eigenvalue weighted by Crippen LogP contribution is -2.24. The summed E-state index contributed by atoms with van der Waals surface area (Å²) in [6.45, 7) is 2.29. The fourth-order valence-corrected chi connectivity index (χ4v) is 3.28. The molecule has 1 aliphatic rings. The van der Waals surface area contributed by atoms with Gasteiger partial charge in [0.2, 0.25) is 5.91 Å². The molecule has 0 N–H and O–H groups in total. The molecule has 17 heavy (non-hydrogen) atoms. The number of benzene rings is 1. The van der Waals surface area contributed by atoms with Crippen molar-refractivity contribution in [2.75, 3.05) is 11.4 Å². The topological polar surface area (TPSA) is 54.5 Å². The predicted octanol–water partition coefficient (Wildman–Crippen LogP) is 2.05. The minimum atomic E-state index is -3.77. The summed E-state index contributed by atoms with van der Waals surface area (Å²) < 4.78 is 22.7. The molecule has 1 aromatic rings. The zero-order valence-electron chi connectivity index (χ0n) is 9.31. The Morgan fingerprint density at radius 1 is 1.35 bits per heavy atom. The molecule has 0 aliphatic carbocycles. The van der Waals surface area contributed by atoms with E-state index in [2.05, 4.69) is 0 Å². The summed E-state index contributed by atoms with van der Waals surface area (Å²) in [4.78, 5) is 13.3. The molecule has 4 nitrogen and oxygen atoms in total. The fraction of sp³-hybridized carbons (Fsp3) is 0.364. The van der Waals surface area contributed by atoms with Gasteiger partial charge in [-0.15, -0.1) is 0 Å². The van der Waals surface area contributed by atoms with Gasteiger partial charge in [0.05, 0.1) is 4.90 Å². The van der Waals surface area contributed by atoms with Crippen LogP contribution < -0.4 is 4.90 Å². The highest BCUT2D eigenvalue weighted by Crippen LogP contribution is 2.30. The molecule has 0 aromatic heterocycles. The summed E-state index contributed by atoms with van der Waals surface area (Å²) in [7, 11) is 1.58. The van der Waals surface area contributed by atoms with E-state index in [-0.39, 0.29) is 10.8 Å². The van der Waals surface area contributed by atoms with E-state index in [4.69, 9.17) is 10.7 Å². The van der Waals surface area contributed by atoms with E-state index in [0.717, 1.165) is 6.42 Å². The molecule has 0 bridgehead atoms. The van der Waals surface area contributed by atoms with Gasteiger partial charge in [-0.25, -0.2) is 8.42 Å². The molecule has 92 valence electrons. The molecule has 1 saturated heterocycles. The van der Waals surface area contributed by atoms with Crippen LogP contribution in [0.3, 0.4) is 0 Å². The number of carbonyl (C=O) groups excluding carboxylic acids is 1. The van der Waals surface area contributed by atoms with Gasteiger partial charge in [-0.05, 0) is 31.0 Å². The van der Waals surface area contributed by atoms with E-state index in [1.165, 1.54) is 6.07 Å². The Bertz CT molecular complexity index is 568. The van der Waals surface area contributed by atoms with Crippen LogP contribution in [0.5, 0.6) is 0 Å². The Labute approximate surface area is 105 Å². The molecule has 0 spiro atoms. The summed E-state index contributed by atoms with van der Waals surface area (Å²) in [5, 5.41) is 0. The van der Waals surface area contributed by atoms with Gasteiger partial charge >= 0.3 is 0 Å². The van der Waals surface area contributed by atoms with Crippen LogP contribution in [0.25, 0.3) is 0 Å². The number of nitrogens with zero attached hydrogens (tertiary/aromatic N) is 1. The normalized spacial score (nSPS) is 16.6. The number of hydrogen-bond acceptors (Lipinski definition) is 3. The summed E-state index contributed by atoms with van der Waals surface area (Å²) >= 11 is 0. The Balaban J connectivity index is 2.53. The maximum absolute atomic E-state index is 11.6. The highest BCUT2D eigenvalue weighted by molar-refractivity contribution is 8.13. The lowest BCUT2D eigenvalue weighted by atomic mass is 10.2. The number of amides is 1. The van der Waals surface area contributed by atoms with E-state index in [1.807, 2.05) is 0 Å². The molecule has 1 amide bonds. The van der Waals surface area contributed by atoms with Crippen LogP contribution >= 0.6 is 10.7 Å². The zero-order valence-corrected chi connectivity index (χ0v) is 10.9. The number of rotatable bonds is 2. The monoisotopic (exact) mass is 273 g/mol. The molecule has 2 rings (SSSR count). The van der Waals surface area contributed by atoms with Crippen LogP contribution in [0, 0.1) is 6.92 Å². The van der Waals surface area contributed by atoms with Crippen molar-refractivity contribution in [3.8, 4) is 0 Å². The Hall–Kier alpha value is -1.07. The van der Waals surface area contributed by atoms with Crippen molar-refractivity contribution < 1.29 is 13.2 Å². The maximum Gasteiger partial charge on any atom is 0.261 e. The highest BCUT2D eigenvalue weighted by Gasteiger charge is 2.25. The van der Waals surface area contributed by atoms with Crippen molar-refractivity contribution >= 4 is 31.3 Å². The first-order valence-corrected chi connectivity index (χ1v) is 7.57. The number of carbonyl (C=O) groups is 1. The maximum atomic E-state index is 11.6. The molecule has 1 aromatic carbocycles. The molecular formula is C11H12ClNO3S. The van der Waals surface area contributed by atoms with Crippen molar-refractivity contribution in [2.45, 2.75) is 24.7 Å². The fourth-order valence-electron chi connectivity index (χ4n) is 2.06. The number of anilines is 1. The van der Waals surface area contributed by atoms with Crippen molar-refractivity contribution in [3.05, 3.63) is 23.8 Å². The highest BCUT2D eigenvalue weighted by atomic mass is 35.7. The predicted molar refractivity (Wildman–Crippen MR) is 65.8 cm³/mol. The molecule has 0 atom stereocenters. The van der Waals surface area contributed by atoms with Crippen LogP contribution in [-0.2, 0) is 13.8 Å². The van der Waals surface area contributed by atoms with E-state index < -0.39 is 9.05 Å². The third kappa shape index (κ3) is 2.30. The van der Waals surface area contributed by atoms with Crippen molar-refractivity contribution in [2.24, 2.45) is 0 Å². The molecule has 1 aliphatic heterocycles. The largest absolute Gasteiger partial charge is 0.312 e. The van der Waals surface area contributed by atoms with Gasteiger partial charge in [-0.1, -0.05) is 6.07 Å². The smallest absolute Gasteiger partial charge is 0.261 e. The van der Waals surface area contributed by atoms with Crippen LogP contribution in [0.15, 0.2) is 23.1 Å². The van der Waals surface area contributed by atoms with Gasteiger partial charge in [0, 0.05) is 29.3 Å². The first kappa shape index (κ1) is 12.4. The minimum absolute atomic E-state index is 0.0252. The van der Waals surface area contributed by atoms with E-state index in [1.54, 1.807) is 24.0 Å². The van der Waals surface area contributed by atoms with E-state index in [9.17, 15) is 13.2 Å². The third-order valence-corrected chi connectivity index (χ3v) is 4.35. The van der Waals surface area contributed by atoms with Crippen LogP contribution in [0.1, 0.15) is 18.4 Å². The SMILES string of the molecule is Cc1c(N2CCCC2=O)cccc1S(=O)(=O)Cl. The van der Waals surface area contributed by atoms with Gasteiger partial charge in [0.1, 0.15) is 0 Å². The second-order valence-electron chi connectivity index (χ2n) is 3.99. The van der Waals surface area contributed by atoms with Crippen LogP contribution in [0.4, 0.5) is 5.69 Å².